The lowest BCUT2D eigenvalue weighted by atomic mass is 9.89. The molecule has 1 fully saturated rings. The zero-order chi connectivity index (χ0) is 19.4. The van der Waals surface area contributed by atoms with Crippen molar-refractivity contribution in [2.24, 2.45) is 13.0 Å². The summed E-state index contributed by atoms with van der Waals surface area (Å²) in [6, 6.07) is 6.39. The van der Waals surface area contributed by atoms with Crippen LogP contribution in [-0.2, 0) is 17.1 Å². The highest BCUT2D eigenvalue weighted by Gasteiger charge is 2.40. The molecule has 0 radical (unpaired) electrons. The number of nitrogens with one attached hydrogen (secondary N) is 1. The number of unbranched alkanes of at least 4 members (excludes halogenated alkanes) is 1. The standard InChI is InChI=1S/C19H27FN4O2S/c1-3-4-9-21-10-16-11-24(27(25,26)19-13-23(2)14-22-19)12-18(16)15-5-7-17(20)8-6-15/h5-8,13-14,16,18,21H,3-4,9-12H2,1-2H3/t16-,18+/m1/s1. The summed E-state index contributed by atoms with van der Waals surface area (Å²) in [5.41, 5.74) is 0.970. The van der Waals surface area contributed by atoms with Crippen LogP contribution in [0, 0.1) is 11.7 Å². The van der Waals surface area contributed by atoms with Gasteiger partial charge in [0.25, 0.3) is 10.0 Å². The third-order valence-electron chi connectivity index (χ3n) is 5.10. The molecule has 1 N–H and O–H groups in total. The van der Waals surface area contributed by atoms with Crippen LogP contribution in [0.15, 0.2) is 41.8 Å². The van der Waals surface area contributed by atoms with Crippen molar-refractivity contribution in [3.8, 4) is 0 Å². The summed E-state index contributed by atoms with van der Waals surface area (Å²) in [4.78, 5) is 4.02. The first kappa shape index (κ1) is 20.0. The van der Waals surface area contributed by atoms with E-state index in [4.69, 9.17) is 0 Å². The molecular formula is C19H27FN4O2S. The van der Waals surface area contributed by atoms with Crippen LogP contribution in [0.3, 0.4) is 0 Å². The molecule has 1 aliphatic heterocycles. The predicted molar refractivity (Wildman–Crippen MR) is 102 cm³/mol. The van der Waals surface area contributed by atoms with E-state index in [1.807, 2.05) is 0 Å². The van der Waals surface area contributed by atoms with Gasteiger partial charge >= 0.3 is 0 Å². The van der Waals surface area contributed by atoms with Crippen LogP contribution in [0.5, 0.6) is 0 Å². The minimum Gasteiger partial charge on any atom is -0.339 e. The Morgan fingerprint density at radius 3 is 2.63 bits per heavy atom. The topological polar surface area (TPSA) is 67.2 Å². The number of rotatable bonds is 8. The van der Waals surface area contributed by atoms with Crippen molar-refractivity contribution in [2.75, 3.05) is 26.2 Å². The van der Waals surface area contributed by atoms with Crippen molar-refractivity contribution in [3.63, 3.8) is 0 Å². The zero-order valence-corrected chi connectivity index (χ0v) is 16.6. The molecule has 1 aromatic carbocycles. The van der Waals surface area contributed by atoms with E-state index in [-0.39, 0.29) is 22.7 Å². The summed E-state index contributed by atoms with van der Waals surface area (Å²) >= 11 is 0. The van der Waals surface area contributed by atoms with Gasteiger partial charge in [0, 0.05) is 32.3 Å². The van der Waals surface area contributed by atoms with Crippen LogP contribution in [0.4, 0.5) is 4.39 Å². The van der Waals surface area contributed by atoms with Crippen LogP contribution in [-0.4, -0.2) is 48.5 Å². The molecule has 0 unspecified atom stereocenters. The van der Waals surface area contributed by atoms with Crippen LogP contribution in [0.1, 0.15) is 31.2 Å². The number of imidazole rings is 1. The number of aryl methyl sites for hydroxylation is 1. The first-order valence-electron chi connectivity index (χ1n) is 9.36. The van der Waals surface area contributed by atoms with Crippen LogP contribution >= 0.6 is 0 Å². The van der Waals surface area contributed by atoms with Gasteiger partial charge in [-0.2, -0.15) is 4.31 Å². The highest BCUT2D eigenvalue weighted by Crippen LogP contribution is 2.35. The van der Waals surface area contributed by atoms with Crippen molar-refractivity contribution in [1.29, 1.82) is 0 Å². The molecule has 0 bridgehead atoms. The molecule has 1 aromatic heterocycles. The maximum atomic E-state index is 13.3. The molecule has 0 saturated carbocycles. The van der Waals surface area contributed by atoms with E-state index in [0.29, 0.717) is 13.1 Å². The Hall–Kier alpha value is -1.77. The van der Waals surface area contributed by atoms with Gasteiger partial charge in [-0.3, -0.25) is 0 Å². The second kappa shape index (κ2) is 8.50. The van der Waals surface area contributed by atoms with Gasteiger partial charge in [-0.1, -0.05) is 25.5 Å². The number of hydrogen-bond donors (Lipinski definition) is 1. The Kier molecular flexibility index (Phi) is 6.29. The first-order valence-corrected chi connectivity index (χ1v) is 10.8. The van der Waals surface area contributed by atoms with Crippen molar-refractivity contribution in [1.82, 2.24) is 19.2 Å². The maximum absolute atomic E-state index is 13.3. The van der Waals surface area contributed by atoms with E-state index in [0.717, 1.165) is 31.5 Å². The Labute approximate surface area is 160 Å². The number of hydrogen-bond acceptors (Lipinski definition) is 4. The predicted octanol–water partition coefficient (Wildman–Crippen LogP) is 2.35. The van der Waals surface area contributed by atoms with Crippen LogP contribution < -0.4 is 5.32 Å². The van der Waals surface area contributed by atoms with Gasteiger partial charge < -0.3 is 9.88 Å². The minimum absolute atomic E-state index is 0.0261. The van der Waals surface area contributed by atoms with E-state index < -0.39 is 10.0 Å². The molecule has 0 amide bonds. The van der Waals surface area contributed by atoms with Gasteiger partial charge in [0.15, 0.2) is 5.03 Å². The van der Waals surface area contributed by atoms with Crippen LogP contribution in [0.25, 0.3) is 0 Å². The Morgan fingerprint density at radius 1 is 1.26 bits per heavy atom. The second-order valence-corrected chi connectivity index (χ2v) is 9.06. The lowest BCUT2D eigenvalue weighted by molar-refractivity contribution is 0.437. The largest absolute Gasteiger partial charge is 0.339 e. The molecule has 6 nitrogen and oxygen atoms in total. The molecule has 2 heterocycles. The fraction of sp³-hybridized carbons (Fsp3) is 0.526. The maximum Gasteiger partial charge on any atom is 0.262 e. The molecule has 27 heavy (non-hydrogen) atoms. The molecule has 3 rings (SSSR count). The highest BCUT2D eigenvalue weighted by molar-refractivity contribution is 7.89. The van der Waals surface area contributed by atoms with Crippen LogP contribution in [0.2, 0.25) is 0 Å². The summed E-state index contributed by atoms with van der Waals surface area (Å²) in [5.74, 6) is -0.128. The molecule has 0 aliphatic carbocycles. The lowest BCUT2D eigenvalue weighted by Crippen LogP contribution is -2.31. The van der Waals surface area contributed by atoms with Crippen molar-refractivity contribution < 1.29 is 12.8 Å². The van der Waals surface area contributed by atoms with E-state index in [1.54, 1.807) is 23.7 Å². The van der Waals surface area contributed by atoms with Gasteiger partial charge in [0.05, 0.1) is 6.33 Å². The number of sulfonamides is 1. The van der Waals surface area contributed by atoms with Gasteiger partial charge in [0.1, 0.15) is 5.82 Å². The average molecular weight is 395 g/mol. The summed E-state index contributed by atoms with van der Waals surface area (Å²) in [5, 5.41) is 3.51. The molecule has 2 atom stereocenters. The Balaban J connectivity index is 1.80. The molecule has 0 spiro atoms. The molecule has 1 aliphatic rings. The first-order chi connectivity index (χ1) is 12.9. The van der Waals surface area contributed by atoms with E-state index >= 15 is 0 Å². The van der Waals surface area contributed by atoms with E-state index in [9.17, 15) is 12.8 Å². The third-order valence-corrected chi connectivity index (χ3v) is 6.82. The van der Waals surface area contributed by atoms with Crippen molar-refractivity contribution in [2.45, 2.75) is 30.7 Å². The lowest BCUT2D eigenvalue weighted by Gasteiger charge is -2.19. The third kappa shape index (κ3) is 4.56. The van der Waals surface area contributed by atoms with Gasteiger partial charge in [-0.25, -0.2) is 17.8 Å². The summed E-state index contributed by atoms with van der Waals surface area (Å²) in [6.07, 6.45) is 5.21. The number of nitrogens with zero attached hydrogens (tertiary/aromatic N) is 3. The molecule has 148 valence electrons. The smallest absolute Gasteiger partial charge is 0.262 e. The number of benzene rings is 1. The zero-order valence-electron chi connectivity index (χ0n) is 15.8. The summed E-state index contributed by atoms with van der Waals surface area (Å²) in [6.45, 7) is 4.59. The monoisotopic (exact) mass is 394 g/mol. The normalized spacial score (nSPS) is 21.0. The molecule has 8 heteroatoms. The second-order valence-electron chi connectivity index (χ2n) is 7.18. The highest BCUT2D eigenvalue weighted by atomic mass is 32.2. The number of aromatic nitrogens is 2. The van der Waals surface area contributed by atoms with Gasteiger partial charge in [-0.15, -0.1) is 0 Å². The average Bonchev–Trinajstić information content (AvgIpc) is 3.27. The summed E-state index contributed by atoms with van der Waals surface area (Å²) in [7, 11) is -1.89. The fourth-order valence-electron chi connectivity index (χ4n) is 3.57. The van der Waals surface area contributed by atoms with Crippen molar-refractivity contribution in [3.05, 3.63) is 48.2 Å². The molecule has 2 aromatic rings. The van der Waals surface area contributed by atoms with E-state index in [1.165, 1.54) is 29.0 Å². The van der Waals surface area contributed by atoms with E-state index in [2.05, 4.69) is 17.2 Å². The minimum atomic E-state index is -3.64. The SMILES string of the molecule is CCCCNC[C@@H]1CN(S(=O)(=O)c2cn(C)cn2)C[C@H]1c1ccc(F)cc1. The Morgan fingerprint density at radius 2 is 2.00 bits per heavy atom. The number of halogens is 1. The van der Waals surface area contributed by atoms with Gasteiger partial charge in [-0.05, 0) is 43.1 Å². The van der Waals surface area contributed by atoms with Gasteiger partial charge in [0.2, 0.25) is 0 Å². The molecule has 1 saturated heterocycles. The molecular weight excluding hydrogens is 367 g/mol. The summed E-state index contributed by atoms with van der Waals surface area (Å²) < 4.78 is 42.4. The quantitative estimate of drug-likeness (QED) is 0.698. The van der Waals surface area contributed by atoms with Crippen molar-refractivity contribution >= 4 is 10.0 Å². The fourth-order valence-corrected chi connectivity index (χ4v) is 5.05. The Bertz CT molecular complexity index is 851.